The second-order valence-electron chi connectivity index (χ2n) is 3.02. The molecular formula is C9H14O. The van der Waals surface area contributed by atoms with Crippen molar-refractivity contribution in [2.24, 2.45) is 5.92 Å². The zero-order valence-electron chi connectivity index (χ0n) is 6.47. The van der Waals surface area contributed by atoms with Gasteiger partial charge in [0.2, 0.25) is 0 Å². The minimum atomic E-state index is 0.652. The standard InChI is InChI=1S/C9H14O/c1-8-4-2-3-5-9(8)6-7-10/h6-8H,2-5H2,1H3/b9-6+. The summed E-state index contributed by atoms with van der Waals surface area (Å²) in [6, 6.07) is 0. The van der Waals surface area contributed by atoms with E-state index in [-0.39, 0.29) is 0 Å². The van der Waals surface area contributed by atoms with Gasteiger partial charge in [0, 0.05) is 0 Å². The van der Waals surface area contributed by atoms with E-state index in [4.69, 9.17) is 0 Å². The average molecular weight is 138 g/mol. The number of carbonyl (C=O) groups is 1. The Morgan fingerprint density at radius 2 is 2.30 bits per heavy atom. The fourth-order valence-electron chi connectivity index (χ4n) is 1.55. The summed E-state index contributed by atoms with van der Waals surface area (Å²) < 4.78 is 0. The zero-order chi connectivity index (χ0) is 7.40. The van der Waals surface area contributed by atoms with E-state index in [1.807, 2.05) is 0 Å². The highest BCUT2D eigenvalue weighted by Gasteiger charge is 2.12. The summed E-state index contributed by atoms with van der Waals surface area (Å²) in [5.41, 5.74) is 1.35. The number of rotatable bonds is 1. The van der Waals surface area contributed by atoms with Crippen molar-refractivity contribution in [3.63, 3.8) is 0 Å². The molecule has 1 unspecified atom stereocenters. The number of carbonyl (C=O) groups excluding carboxylic acids is 1. The van der Waals surface area contributed by atoms with Crippen LogP contribution in [0.25, 0.3) is 0 Å². The van der Waals surface area contributed by atoms with Crippen molar-refractivity contribution in [2.45, 2.75) is 32.6 Å². The van der Waals surface area contributed by atoms with Gasteiger partial charge in [0.1, 0.15) is 6.29 Å². The van der Waals surface area contributed by atoms with Crippen LogP contribution in [0.5, 0.6) is 0 Å². The highest BCUT2D eigenvalue weighted by Crippen LogP contribution is 2.27. The van der Waals surface area contributed by atoms with Crippen LogP contribution in [0.4, 0.5) is 0 Å². The molecule has 0 N–H and O–H groups in total. The van der Waals surface area contributed by atoms with Gasteiger partial charge in [-0.3, -0.25) is 4.79 Å². The molecule has 0 spiro atoms. The maximum absolute atomic E-state index is 10.1. The predicted octanol–water partition coefficient (Wildman–Crippen LogP) is 2.32. The lowest BCUT2D eigenvalue weighted by Gasteiger charge is -2.20. The molecule has 0 radical (unpaired) electrons. The molecule has 1 heteroatoms. The molecule has 0 heterocycles. The van der Waals surface area contributed by atoms with Gasteiger partial charge in [-0.1, -0.05) is 18.9 Å². The normalized spacial score (nSPS) is 30.5. The Balaban J connectivity index is 2.55. The van der Waals surface area contributed by atoms with Crippen LogP contribution in [0.15, 0.2) is 11.6 Å². The molecule has 0 saturated heterocycles. The van der Waals surface area contributed by atoms with Gasteiger partial charge >= 0.3 is 0 Å². The lowest BCUT2D eigenvalue weighted by atomic mass is 9.85. The molecule has 1 saturated carbocycles. The third kappa shape index (κ3) is 1.69. The van der Waals surface area contributed by atoms with Crippen LogP contribution in [0, 0.1) is 5.92 Å². The summed E-state index contributed by atoms with van der Waals surface area (Å²) in [5.74, 6) is 0.652. The van der Waals surface area contributed by atoms with E-state index < -0.39 is 0 Å². The van der Waals surface area contributed by atoms with E-state index >= 15 is 0 Å². The van der Waals surface area contributed by atoms with E-state index in [0.29, 0.717) is 5.92 Å². The number of hydrogen-bond acceptors (Lipinski definition) is 1. The molecule has 1 aliphatic carbocycles. The summed E-state index contributed by atoms with van der Waals surface area (Å²) in [4.78, 5) is 10.1. The quantitative estimate of drug-likeness (QED) is 0.401. The average Bonchev–Trinajstić information content (AvgIpc) is 1.94. The zero-order valence-corrected chi connectivity index (χ0v) is 6.47. The van der Waals surface area contributed by atoms with Gasteiger partial charge in [-0.25, -0.2) is 0 Å². The SMILES string of the molecule is CC1CCCC/C1=C\C=O. The number of hydrogen-bond donors (Lipinski definition) is 0. The summed E-state index contributed by atoms with van der Waals surface area (Å²) in [5, 5.41) is 0. The first-order valence-electron chi connectivity index (χ1n) is 3.99. The van der Waals surface area contributed by atoms with Crippen LogP contribution in [-0.4, -0.2) is 6.29 Å². The van der Waals surface area contributed by atoms with Gasteiger partial charge in [0.05, 0.1) is 0 Å². The maximum Gasteiger partial charge on any atom is 0.142 e. The first-order valence-corrected chi connectivity index (χ1v) is 3.99. The molecule has 1 nitrogen and oxygen atoms in total. The number of allylic oxidation sites excluding steroid dienone is 2. The molecule has 56 valence electrons. The first-order chi connectivity index (χ1) is 4.84. The van der Waals surface area contributed by atoms with Gasteiger partial charge < -0.3 is 0 Å². The molecule has 0 amide bonds. The predicted molar refractivity (Wildman–Crippen MR) is 41.8 cm³/mol. The van der Waals surface area contributed by atoms with Gasteiger partial charge in [-0.2, -0.15) is 0 Å². The molecule has 0 aromatic rings. The molecule has 10 heavy (non-hydrogen) atoms. The Kier molecular flexibility index (Phi) is 2.67. The summed E-state index contributed by atoms with van der Waals surface area (Å²) in [7, 11) is 0. The number of aldehydes is 1. The molecule has 0 aromatic heterocycles. The minimum Gasteiger partial charge on any atom is -0.299 e. The Morgan fingerprint density at radius 1 is 1.50 bits per heavy atom. The van der Waals surface area contributed by atoms with Crippen molar-refractivity contribution >= 4 is 6.29 Å². The Labute approximate surface area is 62.1 Å². The van der Waals surface area contributed by atoms with Crippen LogP contribution in [-0.2, 0) is 4.79 Å². The summed E-state index contributed by atoms with van der Waals surface area (Å²) >= 11 is 0. The fourth-order valence-corrected chi connectivity index (χ4v) is 1.55. The van der Waals surface area contributed by atoms with Crippen LogP contribution in [0.1, 0.15) is 32.6 Å². The van der Waals surface area contributed by atoms with Gasteiger partial charge in [0.15, 0.2) is 0 Å². The third-order valence-corrected chi connectivity index (χ3v) is 2.27. The van der Waals surface area contributed by atoms with E-state index in [9.17, 15) is 4.79 Å². The Hall–Kier alpha value is -0.590. The van der Waals surface area contributed by atoms with Crippen molar-refractivity contribution in [1.82, 2.24) is 0 Å². The minimum absolute atomic E-state index is 0.652. The van der Waals surface area contributed by atoms with Crippen molar-refractivity contribution in [1.29, 1.82) is 0 Å². The molecule has 1 aliphatic rings. The Morgan fingerprint density at radius 3 is 2.90 bits per heavy atom. The summed E-state index contributed by atoms with van der Waals surface area (Å²) in [6.45, 7) is 2.20. The Bertz CT molecular complexity index is 147. The fraction of sp³-hybridized carbons (Fsp3) is 0.667. The van der Waals surface area contributed by atoms with Gasteiger partial charge in [0.25, 0.3) is 0 Å². The lowest BCUT2D eigenvalue weighted by Crippen LogP contribution is -2.05. The van der Waals surface area contributed by atoms with E-state index in [0.717, 1.165) is 12.7 Å². The van der Waals surface area contributed by atoms with Crippen LogP contribution < -0.4 is 0 Å². The third-order valence-electron chi connectivity index (χ3n) is 2.27. The smallest absolute Gasteiger partial charge is 0.142 e. The molecule has 0 aromatic carbocycles. The van der Waals surface area contributed by atoms with Crippen molar-refractivity contribution < 1.29 is 4.79 Å². The largest absolute Gasteiger partial charge is 0.299 e. The second-order valence-corrected chi connectivity index (χ2v) is 3.02. The summed E-state index contributed by atoms with van der Waals surface area (Å²) in [6.07, 6.45) is 7.65. The molecule has 1 fully saturated rings. The van der Waals surface area contributed by atoms with E-state index in [1.165, 1.54) is 24.8 Å². The van der Waals surface area contributed by atoms with Crippen molar-refractivity contribution in [3.8, 4) is 0 Å². The van der Waals surface area contributed by atoms with Crippen molar-refractivity contribution in [2.75, 3.05) is 0 Å². The van der Waals surface area contributed by atoms with Crippen LogP contribution in [0.3, 0.4) is 0 Å². The van der Waals surface area contributed by atoms with Gasteiger partial charge in [-0.05, 0) is 31.3 Å². The van der Waals surface area contributed by atoms with Crippen LogP contribution >= 0.6 is 0 Å². The second kappa shape index (κ2) is 3.55. The molecular weight excluding hydrogens is 124 g/mol. The van der Waals surface area contributed by atoms with Gasteiger partial charge in [-0.15, -0.1) is 0 Å². The highest BCUT2D eigenvalue weighted by molar-refractivity contribution is 5.66. The van der Waals surface area contributed by atoms with E-state index in [2.05, 4.69) is 6.92 Å². The molecule has 0 bridgehead atoms. The highest BCUT2D eigenvalue weighted by atomic mass is 16.1. The lowest BCUT2D eigenvalue weighted by molar-refractivity contribution is -0.104. The van der Waals surface area contributed by atoms with Crippen LogP contribution in [0.2, 0.25) is 0 Å². The topological polar surface area (TPSA) is 17.1 Å². The maximum atomic E-state index is 10.1. The first kappa shape index (κ1) is 7.52. The molecule has 1 rings (SSSR count). The van der Waals surface area contributed by atoms with Crippen molar-refractivity contribution in [3.05, 3.63) is 11.6 Å². The molecule has 0 aliphatic heterocycles. The molecule has 1 atom stereocenters. The van der Waals surface area contributed by atoms with E-state index in [1.54, 1.807) is 6.08 Å². The monoisotopic (exact) mass is 138 g/mol.